The van der Waals surface area contributed by atoms with E-state index in [0.717, 1.165) is 12.1 Å². The average molecular weight is 575 g/mol. The van der Waals surface area contributed by atoms with Crippen LogP contribution in [0.2, 0.25) is 0 Å². The molecule has 0 radical (unpaired) electrons. The number of alkyl halides is 3. The number of carbonyl (C=O) groups is 3. The van der Waals surface area contributed by atoms with Gasteiger partial charge in [0.05, 0.1) is 25.1 Å². The maximum absolute atomic E-state index is 14.1. The molecule has 222 valence electrons. The zero-order valence-electron chi connectivity index (χ0n) is 23.6. The lowest BCUT2D eigenvalue weighted by Gasteiger charge is -2.34. The Balaban J connectivity index is 1.73. The van der Waals surface area contributed by atoms with E-state index in [0.29, 0.717) is 54.8 Å². The van der Waals surface area contributed by atoms with Crippen LogP contribution in [0.1, 0.15) is 73.6 Å². The van der Waals surface area contributed by atoms with Crippen molar-refractivity contribution in [2.45, 2.75) is 57.5 Å². The minimum atomic E-state index is -4.56. The van der Waals surface area contributed by atoms with E-state index in [1.54, 1.807) is 29.2 Å². The van der Waals surface area contributed by atoms with E-state index in [1.807, 2.05) is 13.8 Å². The highest BCUT2D eigenvalue weighted by atomic mass is 19.4. The monoisotopic (exact) mass is 574 g/mol. The number of aliphatic carboxylic acids is 1. The van der Waals surface area contributed by atoms with E-state index in [4.69, 9.17) is 9.84 Å². The SMILES string of the molecule is COc1ccccc1C1CN(CC(=O)N2CCC(CC(=O)O)CC2)C(=O)C(CC(C)C)c2ccc(C(F)(F)F)cc21. The lowest BCUT2D eigenvalue weighted by atomic mass is 9.81. The highest BCUT2D eigenvalue weighted by Gasteiger charge is 2.40. The van der Waals surface area contributed by atoms with E-state index in [9.17, 15) is 27.6 Å². The molecule has 0 aliphatic carbocycles. The van der Waals surface area contributed by atoms with Crippen molar-refractivity contribution >= 4 is 17.8 Å². The lowest BCUT2D eigenvalue weighted by molar-refractivity contribution is -0.143. The Hall–Kier alpha value is -3.56. The van der Waals surface area contributed by atoms with Crippen LogP contribution < -0.4 is 4.74 Å². The fourth-order valence-electron chi connectivity index (χ4n) is 6.09. The molecular weight excluding hydrogens is 537 g/mol. The number of hydrogen-bond donors (Lipinski definition) is 1. The fraction of sp³-hybridized carbons (Fsp3) is 0.516. The molecule has 0 spiro atoms. The molecule has 2 unspecified atom stereocenters. The highest BCUT2D eigenvalue weighted by molar-refractivity contribution is 5.90. The fourth-order valence-corrected chi connectivity index (χ4v) is 6.09. The summed E-state index contributed by atoms with van der Waals surface area (Å²) >= 11 is 0. The predicted octanol–water partition coefficient (Wildman–Crippen LogP) is 5.53. The lowest BCUT2D eigenvalue weighted by Crippen LogP contribution is -2.47. The molecule has 10 heteroatoms. The average Bonchev–Trinajstić information content (AvgIpc) is 3.02. The zero-order valence-corrected chi connectivity index (χ0v) is 23.6. The number of carboxylic acid groups (broad SMARTS) is 1. The Morgan fingerprint density at radius 2 is 1.73 bits per heavy atom. The van der Waals surface area contributed by atoms with Crippen LogP contribution in [0.25, 0.3) is 0 Å². The summed E-state index contributed by atoms with van der Waals surface area (Å²) in [6.07, 6.45) is -2.95. The maximum atomic E-state index is 14.1. The maximum Gasteiger partial charge on any atom is 0.416 e. The van der Waals surface area contributed by atoms with E-state index in [-0.39, 0.29) is 43.2 Å². The number of amides is 2. The molecule has 41 heavy (non-hydrogen) atoms. The Kier molecular flexibility index (Phi) is 9.29. The number of ether oxygens (including phenoxy) is 1. The molecular formula is C31H37F3N2O5. The molecule has 1 N–H and O–H groups in total. The number of nitrogens with zero attached hydrogens (tertiary/aromatic N) is 2. The van der Waals surface area contributed by atoms with Gasteiger partial charge in [0, 0.05) is 37.5 Å². The number of para-hydroxylation sites is 1. The first kappa shape index (κ1) is 30.4. The molecule has 4 rings (SSSR count). The van der Waals surface area contributed by atoms with Gasteiger partial charge in [0.15, 0.2) is 0 Å². The highest BCUT2D eigenvalue weighted by Crippen LogP contribution is 2.43. The van der Waals surface area contributed by atoms with Crippen LogP contribution in [-0.4, -0.2) is 66.0 Å². The summed E-state index contributed by atoms with van der Waals surface area (Å²) in [5.74, 6) is -2.20. The number of benzene rings is 2. The number of halogens is 3. The zero-order chi connectivity index (χ0) is 29.9. The predicted molar refractivity (Wildman–Crippen MR) is 147 cm³/mol. The van der Waals surface area contributed by atoms with Gasteiger partial charge in [-0.2, -0.15) is 13.2 Å². The van der Waals surface area contributed by atoms with Gasteiger partial charge in [0.2, 0.25) is 11.8 Å². The van der Waals surface area contributed by atoms with Gasteiger partial charge < -0.3 is 19.6 Å². The van der Waals surface area contributed by atoms with Crippen molar-refractivity contribution in [1.82, 2.24) is 9.80 Å². The normalized spacial score (nSPS) is 20.1. The third kappa shape index (κ3) is 7.02. The first-order valence-electron chi connectivity index (χ1n) is 14.0. The Bertz CT molecular complexity index is 1270. The second-order valence-electron chi connectivity index (χ2n) is 11.5. The molecule has 1 saturated heterocycles. The van der Waals surface area contributed by atoms with Crippen LogP contribution in [-0.2, 0) is 20.6 Å². The van der Waals surface area contributed by atoms with E-state index >= 15 is 0 Å². The summed E-state index contributed by atoms with van der Waals surface area (Å²) in [6.45, 7) is 4.53. The topological polar surface area (TPSA) is 87.2 Å². The first-order valence-corrected chi connectivity index (χ1v) is 14.0. The standard InChI is InChI=1S/C31H37F3N2O5/c1-19(2)14-25-22-9-8-21(31(32,33)34)16-24(22)26(23-6-4-5-7-27(23)41-3)17-36(30(25)40)18-28(37)35-12-10-20(11-13-35)15-29(38)39/h4-9,16,19-20,25-26H,10-15,17-18H2,1-3H3,(H,38,39). The van der Waals surface area contributed by atoms with Crippen molar-refractivity contribution < 1.29 is 37.4 Å². The van der Waals surface area contributed by atoms with Gasteiger partial charge in [-0.25, -0.2) is 0 Å². The Morgan fingerprint density at radius 3 is 2.34 bits per heavy atom. The number of piperidine rings is 1. The summed E-state index contributed by atoms with van der Waals surface area (Å²) in [4.78, 5) is 41.8. The van der Waals surface area contributed by atoms with Gasteiger partial charge in [-0.05, 0) is 60.4 Å². The Morgan fingerprint density at radius 1 is 1.05 bits per heavy atom. The number of fused-ring (bicyclic) bond motifs is 1. The van der Waals surface area contributed by atoms with Crippen molar-refractivity contribution in [1.29, 1.82) is 0 Å². The summed E-state index contributed by atoms with van der Waals surface area (Å²) < 4.78 is 47.2. The van der Waals surface area contributed by atoms with Gasteiger partial charge in [-0.1, -0.05) is 38.1 Å². The van der Waals surface area contributed by atoms with Gasteiger partial charge in [0.25, 0.3) is 0 Å². The quantitative estimate of drug-likeness (QED) is 0.448. The van der Waals surface area contributed by atoms with Crippen molar-refractivity contribution in [3.63, 3.8) is 0 Å². The van der Waals surface area contributed by atoms with Gasteiger partial charge >= 0.3 is 12.1 Å². The molecule has 2 amide bonds. The van der Waals surface area contributed by atoms with Gasteiger partial charge in [-0.3, -0.25) is 14.4 Å². The van der Waals surface area contributed by atoms with E-state index in [1.165, 1.54) is 18.1 Å². The smallest absolute Gasteiger partial charge is 0.416 e. The van der Waals surface area contributed by atoms with Crippen LogP contribution in [0.3, 0.4) is 0 Å². The third-order valence-corrected chi connectivity index (χ3v) is 8.16. The molecule has 2 aliphatic rings. The number of carboxylic acids is 1. The molecule has 1 fully saturated rings. The molecule has 2 aromatic carbocycles. The van der Waals surface area contributed by atoms with Crippen molar-refractivity contribution in [2.75, 3.05) is 33.3 Å². The summed E-state index contributed by atoms with van der Waals surface area (Å²) in [7, 11) is 1.49. The van der Waals surface area contributed by atoms with Crippen LogP contribution >= 0.6 is 0 Å². The van der Waals surface area contributed by atoms with Crippen molar-refractivity contribution in [3.8, 4) is 5.75 Å². The van der Waals surface area contributed by atoms with Gasteiger partial charge in [-0.15, -0.1) is 0 Å². The second-order valence-corrected chi connectivity index (χ2v) is 11.5. The molecule has 2 aromatic rings. The number of carbonyl (C=O) groups excluding carboxylic acids is 2. The van der Waals surface area contributed by atoms with Crippen LogP contribution in [0.4, 0.5) is 13.2 Å². The number of methoxy groups -OCH3 is 1. The van der Waals surface area contributed by atoms with E-state index in [2.05, 4.69) is 0 Å². The molecule has 0 aromatic heterocycles. The summed E-state index contributed by atoms with van der Waals surface area (Å²) in [6, 6.07) is 10.7. The van der Waals surface area contributed by atoms with Crippen LogP contribution in [0.15, 0.2) is 42.5 Å². The van der Waals surface area contributed by atoms with Gasteiger partial charge in [0.1, 0.15) is 5.75 Å². The molecule has 7 nitrogen and oxygen atoms in total. The molecule has 0 saturated carbocycles. The minimum absolute atomic E-state index is 0.000885. The summed E-state index contributed by atoms with van der Waals surface area (Å²) in [5, 5.41) is 9.10. The number of hydrogen-bond acceptors (Lipinski definition) is 4. The second kappa shape index (κ2) is 12.5. The minimum Gasteiger partial charge on any atom is -0.496 e. The molecule has 2 heterocycles. The number of rotatable bonds is 8. The molecule has 2 atom stereocenters. The van der Waals surface area contributed by atoms with Crippen molar-refractivity contribution in [3.05, 3.63) is 64.7 Å². The molecule has 2 aliphatic heterocycles. The molecule has 0 bridgehead atoms. The van der Waals surface area contributed by atoms with Crippen LogP contribution in [0.5, 0.6) is 5.75 Å². The number of likely N-dealkylation sites (tertiary alicyclic amines) is 1. The third-order valence-electron chi connectivity index (χ3n) is 8.16. The summed E-state index contributed by atoms with van der Waals surface area (Å²) in [5.41, 5.74) is 0.797. The Labute approximate surface area is 238 Å². The largest absolute Gasteiger partial charge is 0.496 e. The van der Waals surface area contributed by atoms with E-state index < -0.39 is 29.5 Å². The van der Waals surface area contributed by atoms with Crippen LogP contribution in [0, 0.1) is 11.8 Å². The first-order chi connectivity index (χ1) is 19.4. The van der Waals surface area contributed by atoms with Crippen molar-refractivity contribution in [2.24, 2.45) is 11.8 Å².